The van der Waals surface area contributed by atoms with Gasteiger partial charge in [-0.1, -0.05) is 30.3 Å². The van der Waals surface area contributed by atoms with Crippen molar-refractivity contribution in [2.24, 2.45) is 5.92 Å². The van der Waals surface area contributed by atoms with E-state index in [-0.39, 0.29) is 11.8 Å². The van der Waals surface area contributed by atoms with Gasteiger partial charge in [-0.05, 0) is 41.7 Å². The molecule has 1 N–H and O–H groups in total. The van der Waals surface area contributed by atoms with Crippen molar-refractivity contribution in [1.29, 1.82) is 5.26 Å². The number of ether oxygens (including phenoxy) is 2. The Hall–Kier alpha value is -3.41. The molecule has 2 heterocycles. The molecule has 1 amide bonds. The van der Waals surface area contributed by atoms with E-state index in [9.17, 15) is 14.9 Å². The third-order valence-corrected chi connectivity index (χ3v) is 5.98. The van der Waals surface area contributed by atoms with E-state index < -0.39 is 11.8 Å². The Balaban J connectivity index is 1.46. The van der Waals surface area contributed by atoms with Crippen LogP contribution in [0, 0.1) is 17.2 Å². The predicted molar refractivity (Wildman–Crippen MR) is 123 cm³/mol. The number of benzene rings is 2. The molecular formula is C25H27N3O5. The molecule has 0 radical (unpaired) electrons. The number of carbonyl (C=O) groups excluding carboxylic acids is 1. The number of methoxy groups -OCH3 is 1. The summed E-state index contributed by atoms with van der Waals surface area (Å²) in [5.41, 5.74) is 4.14. The molecule has 1 aliphatic heterocycles. The quantitative estimate of drug-likeness (QED) is 0.567. The zero-order chi connectivity index (χ0) is 23.2. The Labute approximate surface area is 191 Å². The first-order valence-electron chi connectivity index (χ1n) is 11.1. The minimum absolute atomic E-state index is 0.0746. The maximum Gasteiger partial charge on any atom is 0.420 e. The Bertz CT molecular complexity index is 1200. The average Bonchev–Trinajstić information content (AvgIpc) is 3.17. The number of carbonyl (C=O) groups is 1. The third kappa shape index (κ3) is 5.33. The van der Waals surface area contributed by atoms with Crippen LogP contribution in [0.4, 0.5) is 0 Å². The minimum Gasteiger partial charge on any atom is -0.408 e. The molecule has 8 nitrogen and oxygen atoms in total. The normalized spacial score (nSPS) is 15.3. The topological polar surface area (TPSA) is 106 Å². The molecule has 0 bridgehead atoms. The van der Waals surface area contributed by atoms with Crippen molar-refractivity contribution in [2.75, 3.05) is 26.9 Å². The highest BCUT2D eigenvalue weighted by atomic mass is 16.5. The summed E-state index contributed by atoms with van der Waals surface area (Å²) >= 11 is 0. The predicted octanol–water partition coefficient (Wildman–Crippen LogP) is 2.89. The van der Waals surface area contributed by atoms with E-state index in [0.29, 0.717) is 51.2 Å². The second-order valence-electron chi connectivity index (χ2n) is 8.17. The molecule has 4 rings (SSSR count). The van der Waals surface area contributed by atoms with Crippen molar-refractivity contribution in [3.8, 4) is 17.2 Å². The van der Waals surface area contributed by atoms with Crippen LogP contribution < -0.4 is 11.1 Å². The maximum atomic E-state index is 12.4. The summed E-state index contributed by atoms with van der Waals surface area (Å²) in [5, 5.41) is 12.4. The van der Waals surface area contributed by atoms with E-state index in [1.165, 1.54) is 0 Å². The third-order valence-electron chi connectivity index (χ3n) is 5.98. The number of oxazole rings is 1. The van der Waals surface area contributed by atoms with E-state index in [1.807, 2.05) is 36.4 Å². The first-order valence-corrected chi connectivity index (χ1v) is 11.1. The monoisotopic (exact) mass is 449 g/mol. The fraction of sp³-hybridized carbons (Fsp3) is 0.400. The van der Waals surface area contributed by atoms with E-state index >= 15 is 0 Å². The van der Waals surface area contributed by atoms with Gasteiger partial charge in [-0.2, -0.15) is 5.26 Å². The largest absolute Gasteiger partial charge is 0.420 e. The van der Waals surface area contributed by atoms with E-state index in [1.54, 1.807) is 17.7 Å². The summed E-state index contributed by atoms with van der Waals surface area (Å²) in [6.45, 7) is 2.01. The molecule has 1 fully saturated rings. The zero-order valence-electron chi connectivity index (χ0n) is 18.6. The van der Waals surface area contributed by atoms with Gasteiger partial charge in [0.05, 0.1) is 24.7 Å². The lowest BCUT2D eigenvalue weighted by atomic mass is 9.97. The van der Waals surface area contributed by atoms with Gasteiger partial charge in [-0.3, -0.25) is 9.36 Å². The second-order valence-corrected chi connectivity index (χ2v) is 8.17. The molecule has 0 aliphatic carbocycles. The number of hydrogen-bond acceptors (Lipinski definition) is 6. The molecule has 0 spiro atoms. The smallest absolute Gasteiger partial charge is 0.408 e. The lowest BCUT2D eigenvalue weighted by molar-refractivity contribution is -0.128. The number of rotatable bonds is 8. The van der Waals surface area contributed by atoms with Crippen molar-refractivity contribution in [1.82, 2.24) is 9.88 Å². The Kier molecular flexibility index (Phi) is 7.23. The lowest BCUT2D eigenvalue weighted by Gasteiger charge is -2.22. The molecule has 1 aliphatic rings. The highest BCUT2D eigenvalue weighted by molar-refractivity contribution is 5.81. The Morgan fingerprint density at radius 3 is 2.64 bits per heavy atom. The SMILES string of the molecule is COCCn1c(=O)oc2ccc(-c3ccc(CC(C#N)NC(=O)C4CCOCC4)cc3)cc21. The van der Waals surface area contributed by atoms with Gasteiger partial charge < -0.3 is 19.2 Å². The van der Waals surface area contributed by atoms with Crippen molar-refractivity contribution in [3.63, 3.8) is 0 Å². The summed E-state index contributed by atoms with van der Waals surface area (Å²) in [5.74, 6) is -0.564. The van der Waals surface area contributed by atoms with E-state index in [4.69, 9.17) is 13.9 Å². The highest BCUT2D eigenvalue weighted by Gasteiger charge is 2.23. The highest BCUT2D eigenvalue weighted by Crippen LogP contribution is 2.25. The number of nitrogens with one attached hydrogen (secondary N) is 1. The van der Waals surface area contributed by atoms with Gasteiger partial charge in [0, 0.05) is 32.7 Å². The van der Waals surface area contributed by atoms with Crippen LogP contribution in [0.1, 0.15) is 18.4 Å². The summed E-state index contributed by atoms with van der Waals surface area (Å²) in [4.78, 5) is 24.6. The van der Waals surface area contributed by atoms with Gasteiger partial charge in [0.1, 0.15) is 6.04 Å². The average molecular weight is 450 g/mol. The van der Waals surface area contributed by atoms with Crippen LogP contribution in [0.15, 0.2) is 51.7 Å². The van der Waals surface area contributed by atoms with Crippen molar-refractivity contribution >= 4 is 17.0 Å². The molecule has 1 aromatic heterocycles. The Morgan fingerprint density at radius 1 is 1.21 bits per heavy atom. The number of nitriles is 1. The fourth-order valence-electron chi connectivity index (χ4n) is 4.08. The van der Waals surface area contributed by atoms with Gasteiger partial charge in [0.2, 0.25) is 5.91 Å². The second kappa shape index (κ2) is 10.5. The van der Waals surface area contributed by atoms with Gasteiger partial charge >= 0.3 is 5.76 Å². The van der Waals surface area contributed by atoms with Crippen LogP contribution in [0.3, 0.4) is 0 Å². The van der Waals surface area contributed by atoms with Crippen LogP contribution in [0.2, 0.25) is 0 Å². The minimum atomic E-state index is -0.580. The van der Waals surface area contributed by atoms with Crippen LogP contribution in [0.25, 0.3) is 22.2 Å². The number of hydrogen-bond donors (Lipinski definition) is 1. The van der Waals surface area contributed by atoms with Crippen LogP contribution in [-0.2, 0) is 27.2 Å². The standard InChI is InChI=1S/C25H27N3O5/c1-31-13-10-28-22-15-20(6-7-23(22)33-25(28)30)18-4-2-17(3-5-18)14-21(16-26)27-24(29)19-8-11-32-12-9-19/h2-7,15,19,21H,8-14H2,1H3,(H,27,29). The van der Waals surface area contributed by atoms with Crippen LogP contribution in [0.5, 0.6) is 0 Å². The van der Waals surface area contributed by atoms with Crippen molar-refractivity contribution in [3.05, 3.63) is 58.6 Å². The molecule has 172 valence electrons. The van der Waals surface area contributed by atoms with Gasteiger partial charge in [0.25, 0.3) is 0 Å². The van der Waals surface area contributed by atoms with Crippen molar-refractivity contribution in [2.45, 2.75) is 31.8 Å². The van der Waals surface area contributed by atoms with Crippen LogP contribution >= 0.6 is 0 Å². The molecule has 1 saturated heterocycles. The summed E-state index contributed by atoms with van der Waals surface area (Å²) in [7, 11) is 1.59. The summed E-state index contributed by atoms with van der Waals surface area (Å²) in [6, 6.07) is 15.1. The number of nitrogens with zero attached hydrogens (tertiary/aromatic N) is 2. The van der Waals surface area contributed by atoms with E-state index in [0.717, 1.165) is 22.2 Å². The summed E-state index contributed by atoms with van der Waals surface area (Å²) in [6.07, 6.45) is 1.82. The molecule has 0 saturated carbocycles. The van der Waals surface area contributed by atoms with Crippen LogP contribution in [-0.4, -0.2) is 43.4 Å². The Morgan fingerprint density at radius 2 is 1.94 bits per heavy atom. The lowest BCUT2D eigenvalue weighted by Crippen LogP contribution is -2.41. The maximum absolute atomic E-state index is 12.4. The molecule has 33 heavy (non-hydrogen) atoms. The molecule has 1 unspecified atom stereocenters. The number of fused-ring (bicyclic) bond motifs is 1. The zero-order valence-corrected chi connectivity index (χ0v) is 18.6. The molecule has 2 aromatic carbocycles. The molecular weight excluding hydrogens is 422 g/mol. The van der Waals surface area contributed by atoms with E-state index in [2.05, 4.69) is 11.4 Å². The fourth-order valence-corrected chi connectivity index (χ4v) is 4.08. The first-order chi connectivity index (χ1) is 16.1. The number of amides is 1. The molecule has 1 atom stereocenters. The van der Waals surface area contributed by atoms with Gasteiger partial charge in [0.15, 0.2) is 5.58 Å². The number of aromatic nitrogens is 1. The summed E-state index contributed by atoms with van der Waals surface area (Å²) < 4.78 is 17.3. The van der Waals surface area contributed by atoms with Gasteiger partial charge in [-0.15, -0.1) is 0 Å². The van der Waals surface area contributed by atoms with Crippen molar-refractivity contribution < 1.29 is 18.7 Å². The molecule has 8 heteroatoms. The first kappa shape index (κ1) is 22.8. The molecule has 3 aromatic rings. The van der Waals surface area contributed by atoms with Gasteiger partial charge in [-0.25, -0.2) is 4.79 Å².